The van der Waals surface area contributed by atoms with Crippen LogP contribution in [0.25, 0.3) is 6.08 Å². The van der Waals surface area contributed by atoms with Crippen molar-refractivity contribution in [2.24, 2.45) is 0 Å². The van der Waals surface area contributed by atoms with Crippen molar-refractivity contribution in [2.45, 2.75) is 12.5 Å². The minimum absolute atomic E-state index is 0.129. The van der Waals surface area contributed by atoms with E-state index in [9.17, 15) is 14.7 Å². The minimum Gasteiger partial charge on any atom is -0.548 e. The van der Waals surface area contributed by atoms with Crippen molar-refractivity contribution in [1.82, 2.24) is 4.90 Å². The number of nitrogens with zero attached hydrogens (tertiary/aromatic N) is 1. The number of carbonyl (C=O) groups excluding carboxylic acids is 2. The zero-order chi connectivity index (χ0) is 17.1. The molecule has 1 amide bonds. The van der Waals surface area contributed by atoms with E-state index in [1.54, 1.807) is 30.3 Å². The molecule has 122 valence electrons. The summed E-state index contributed by atoms with van der Waals surface area (Å²) >= 11 is 6.26. The standard InChI is InChI=1S/C17H13NO4S2/c19-15-14(10-12-7-4-8-22-12)24-17(23)18(15)13(16(20)21)9-11-5-2-1-3-6-11/h1-8,10,13H,9H2,(H,20,21)/p-1/b14-10+/t13-/m0/s1. The Kier molecular flexibility index (Phi) is 4.82. The number of benzene rings is 1. The summed E-state index contributed by atoms with van der Waals surface area (Å²) in [5.41, 5.74) is 0.788. The van der Waals surface area contributed by atoms with Gasteiger partial charge in [-0.05, 0) is 24.1 Å². The van der Waals surface area contributed by atoms with E-state index in [1.807, 2.05) is 18.2 Å². The first kappa shape index (κ1) is 16.5. The highest BCUT2D eigenvalue weighted by molar-refractivity contribution is 8.26. The van der Waals surface area contributed by atoms with Gasteiger partial charge in [0.15, 0.2) is 0 Å². The number of hydrogen-bond donors (Lipinski definition) is 0. The first-order valence-corrected chi connectivity index (χ1v) is 8.34. The molecule has 1 aliphatic rings. The summed E-state index contributed by atoms with van der Waals surface area (Å²) in [5, 5.41) is 11.6. The quantitative estimate of drug-likeness (QED) is 0.600. The van der Waals surface area contributed by atoms with E-state index in [0.29, 0.717) is 10.7 Å². The van der Waals surface area contributed by atoms with Gasteiger partial charge in [-0.15, -0.1) is 0 Å². The SMILES string of the molecule is O=C([O-])[C@H](Cc1ccccc1)N1C(=O)/C(=C\c2ccco2)SC1=S. The lowest BCUT2D eigenvalue weighted by Gasteiger charge is -2.27. The Morgan fingerprint density at radius 1 is 1.29 bits per heavy atom. The second-order valence-electron chi connectivity index (χ2n) is 5.09. The van der Waals surface area contributed by atoms with E-state index in [4.69, 9.17) is 16.6 Å². The number of hydrogen-bond acceptors (Lipinski definition) is 6. The number of rotatable bonds is 5. The minimum atomic E-state index is -1.34. The number of carbonyl (C=O) groups is 2. The Morgan fingerprint density at radius 3 is 2.67 bits per heavy atom. The normalized spacial score (nSPS) is 17.5. The number of aliphatic carboxylic acids is 1. The third-order valence-corrected chi connectivity index (χ3v) is 4.83. The molecule has 1 aromatic carbocycles. The Hall–Kier alpha value is -2.38. The van der Waals surface area contributed by atoms with Gasteiger partial charge in [-0.3, -0.25) is 9.69 Å². The fraction of sp³-hybridized carbons (Fsp3) is 0.118. The third kappa shape index (κ3) is 3.42. The van der Waals surface area contributed by atoms with Crippen LogP contribution >= 0.6 is 24.0 Å². The largest absolute Gasteiger partial charge is 0.548 e. The van der Waals surface area contributed by atoms with Crippen LogP contribution in [-0.2, 0) is 16.0 Å². The molecule has 0 radical (unpaired) electrons. The maximum Gasteiger partial charge on any atom is 0.266 e. The number of carboxylic acid groups (broad SMARTS) is 1. The van der Waals surface area contributed by atoms with Gasteiger partial charge in [-0.2, -0.15) is 0 Å². The molecule has 1 atom stereocenters. The number of thioether (sulfide) groups is 1. The average Bonchev–Trinajstić information content (AvgIpc) is 3.16. The van der Waals surface area contributed by atoms with Crippen LogP contribution in [0.4, 0.5) is 0 Å². The molecular weight excluding hydrogens is 346 g/mol. The number of amides is 1. The van der Waals surface area contributed by atoms with Gasteiger partial charge in [0.25, 0.3) is 5.91 Å². The fourth-order valence-corrected chi connectivity index (χ4v) is 3.71. The van der Waals surface area contributed by atoms with E-state index in [1.165, 1.54) is 6.26 Å². The molecule has 2 aromatic rings. The summed E-state index contributed by atoms with van der Waals surface area (Å²) in [7, 11) is 0. The third-order valence-electron chi connectivity index (χ3n) is 3.50. The predicted octanol–water partition coefficient (Wildman–Crippen LogP) is 1.84. The lowest BCUT2D eigenvalue weighted by atomic mass is 10.0. The van der Waals surface area contributed by atoms with Gasteiger partial charge in [0.1, 0.15) is 10.1 Å². The van der Waals surface area contributed by atoms with E-state index < -0.39 is 17.9 Å². The molecular formula is C17H12NO4S2-. The van der Waals surface area contributed by atoms with Gasteiger partial charge in [0.05, 0.1) is 23.2 Å². The van der Waals surface area contributed by atoms with Crippen molar-refractivity contribution in [3.8, 4) is 0 Å². The van der Waals surface area contributed by atoms with Gasteiger partial charge < -0.3 is 14.3 Å². The van der Waals surface area contributed by atoms with Crippen molar-refractivity contribution in [3.05, 3.63) is 65.0 Å². The van der Waals surface area contributed by atoms with Gasteiger partial charge >= 0.3 is 0 Å². The average molecular weight is 358 g/mol. The Morgan fingerprint density at radius 2 is 2.04 bits per heavy atom. The molecule has 3 rings (SSSR count). The predicted molar refractivity (Wildman–Crippen MR) is 92.7 cm³/mol. The summed E-state index contributed by atoms with van der Waals surface area (Å²) < 4.78 is 5.38. The van der Waals surface area contributed by atoms with Gasteiger partial charge in [-0.1, -0.05) is 54.3 Å². The first-order valence-electron chi connectivity index (χ1n) is 7.11. The van der Waals surface area contributed by atoms with E-state index in [0.717, 1.165) is 22.2 Å². The second kappa shape index (κ2) is 7.02. The van der Waals surface area contributed by atoms with Crippen LogP contribution in [0.2, 0.25) is 0 Å². The van der Waals surface area contributed by atoms with Crippen LogP contribution in [0.1, 0.15) is 11.3 Å². The van der Waals surface area contributed by atoms with Gasteiger partial charge in [-0.25, -0.2) is 0 Å². The molecule has 24 heavy (non-hydrogen) atoms. The monoisotopic (exact) mass is 358 g/mol. The second-order valence-corrected chi connectivity index (χ2v) is 6.77. The topological polar surface area (TPSA) is 73.6 Å². The molecule has 1 aromatic heterocycles. The molecule has 0 aliphatic carbocycles. The van der Waals surface area contributed by atoms with Crippen molar-refractivity contribution >= 4 is 46.3 Å². The fourth-order valence-electron chi connectivity index (χ4n) is 2.37. The van der Waals surface area contributed by atoms with Crippen molar-refractivity contribution < 1.29 is 19.1 Å². The zero-order valence-electron chi connectivity index (χ0n) is 12.4. The highest BCUT2D eigenvalue weighted by Gasteiger charge is 2.38. The van der Waals surface area contributed by atoms with Crippen LogP contribution in [0.5, 0.6) is 0 Å². The lowest BCUT2D eigenvalue weighted by Crippen LogP contribution is -2.51. The summed E-state index contributed by atoms with van der Waals surface area (Å²) in [5.74, 6) is -1.29. The smallest absolute Gasteiger partial charge is 0.266 e. The van der Waals surface area contributed by atoms with E-state index in [2.05, 4.69) is 0 Å². The number of thiocarbonyl (C=S) groups is 1. The molecule has 5 nitrogen and oxygen atoms in total. The van der Waals surface area contributed by atoms with Crippen LogP contribution in [0, 0.1) is 0 Å². The summed E-state index contributed by atoms with van der Waals surface area (Å²) in [6.45, 7) is 0. The molecule has 0 bridgehead atoms. The van der Waals surface area contributed by atoms with Gasteiger partial charge in [0, 0.05) is 6.08 Å². The van der Waals surface area contributed by atoms with Gasteiger partial charge in [0.2, 0.25) is 0 Å². The highest BCUT2D eigenvalue weighted by atomic mass is 32.2. The highest BCUT2D eigenvalue weighted by Crippen LogP contribution is 2.34. The Labute approximate surface area is 148 Å². The molecule has 7 heteroatoms. The molecule has 1 aliphatic heterocycles. The van der Waals surface area contributed by atoms with E-state index in [-0.39, 0.29) is 10.7 Å². The van der Waals surface area contributed by atoms with Crippen molar-refractivity contribution in [2.75, 3.05) is 0 Å². The molecule has 1 saturated heterocycles. The van der Waals surface area contributed by atoms with E-state index >= 15 is 0 Å². The Bertz CT molecular complexity index is 799. The molecule has 0 saturated carbocycles. The summed E-state index contributed by atoms with van der Waals surface area (Å²) in [4.78, 5) is 25.6. The molecule has 0 N–H and O–H groups in total. The van der Waals surface area contributed by atoms with Crippen LogP contribution < -0.4 is 5.11 Å². The first-order chi connectivity index (χ1) is 11.6. The summed E-state index contributed by atoms with van der Waals surface area (Å²) in [6.07, 6.45) is 3.17. The molecule has 0 unspecified atom stereocenters. The lowest BCUT2D eigenvalue weighted by molar-refractivity contribution is -0.310. The van der Waals surface area contributed by atoms with Crippen LogP contribution in [0.15, 0.2) is 58.1 Å². The summed E-state index contributed by atoms with van der Waals surface area (Å²) in [6, 6.07) is 11.3. The zero-order valence-corrected chi connectivity index (χ0v) is 14.0. The maximum absolute atomic E-state index is 12.6. The number of furan rings is 1. The molecule has 1 fully saturated rings. The Balaban J connectivity index is 1.87. The van der Waals surface area contributed by atoms with Crippen molar-refractivity contribution in [3.63, 3.8) is 0 Å². The van der Waals surface area contributed by atoms with Crippen LogP contribution in [-0.4, -0.2) is 27.1 Å². The molecule has 2 heterocycles. The maximum atomic E-state index is 12.6. The van der Waals surface area contributed by atoms with Crippen molar-refractivity contribution in [1.29, 1.82) is 0 Å². The number of carboxylic acids is 1. The molecule has 0 spiro atoms. The van der Waals surface area contributed by atoms with Crippen LogP contribution in [0.3, 0.4) is 0 Å².